The summed E-state index contributed by atoms with van der Waals surface area (Å²) >= 11 is 0. The van der Waals surface area contributed by atoms with Crippen molar-refractivity contribution < 1.29 is 27.5 Å². The monoisotopic (exact) mass is 482 g/mol. The van der Waals surface area contributed by atoms with Gasteiger partial charge in [-0.25, -0.2) is 0 Å². The third kappa shape index (κ3) is 9.97. The Hall–Kier alpha value is -2.84. The first-order valence-electron chi connectivity index (χ1n) is 11.6. The highest BCUT2D eigenvalue weighted by molar-refractivity contribution is 6.36. The summed E-state index contributed by atoms with van der Waals surface area (Å²) in [5, 5.41) is 0. The molecule has 0 aliphatic heterocycles. The SMILES string of the molecule is CC(COc1ccccc1)O[SiH](OC(C)COc1ccccc1)OC(C)COc1ccccc1. The molecule has 0 saturated carbocycles. The van der Waals surface area contributed by atoms with Gasteiger partial charge in [-0.05, 0) is 57.2 Å². The van der Waals surface area contributed by atoms with Crippen molar-refractivity contribution in [1.29, 1.82) is 0 Å². The fraction of sp³-hybridized carbons (Fsp3) is 0.333. The average molecular weight is 483 g/mol. The third-order valence-corrected chi connectivity index (χ3v) is 6.77. The van der Waals surface area contributed by atoms with Crippen molar-refractivity contribution >= 4 is 9.53 Å². The van der Waals surface area contributed by atoms with Gasteiger partial charge in [0, 0.05) is 0 Å². The summed E-state index contributed by atoms with van der Waals surface area (Å²) in [6.07, 6.45) is -0.621. The maximum Gasteiger partial charge on any atom is 0.485 e. The molecule has 3 atom stereocenters. The molecule has 3 unspecified atom stereocenters. The van der Waals surface area contributed by atoms with Crippen molar-refractivity contribution in [1.82, 2.24) is 0 Å². The van der Waals surface area contributed by atoms with Crippen LogP contribution in [0.25, 0.3) is 0 Å². The minimum absolute atomic E-state index is 0.207. The summed E-state index contributed by atoms with van der Waals surface area (Å²) in [7, 11) is -2.52. The molecule has 0 spiro atoms. The zero-order valence-corrected chi connectivity index (χ0v) is 21.2. The molecule has 34 heavy (non-hydrogen) atoms. The lowest BCUT2D eigenvalue weighted by molar-refractivity contribution is -0.00917. The number of rotatable bonds is 15. The number of benzene rings is 3. The number of ether oxygens (including phenoxy) is 3. The molecule has 7 heteroatoms. The topological polar surface area (TPSA) is 55.4 Å². The highest BCUT2D eigenvalue weighted by Gasteiger charge is 2.25. The van der Waals surface area contributed by atoms with Crippen LogP contribution >= 0.6 is 0 Å². The molecule has 0 bridgehead atoms. The second kappa shape index (κ2) is 14.4. The first-order valence-corrected chi connectivity index (χ1v) is 13.0. The zero-order valence-electron chi connectivity index (χ0n) is 20.0. The normalized spacial score (nSPS) is 14.6. The van der Waals surface area contributed by atoms with Gasteiger partial charge in [0.2, 0.25) is 0 Å². The number of para-hydroxylation sites is 3. The van der Waals surface area contributed by atoms with Gasteiger partial charge >= 0.3 is 9.53 Å². The van der Waals surface area contributed by atoms with Crippen molar-refractivity contribution in [3.63, 3.8) is 0 Å². The van der Waals surface area contributed by atoms with Gasteiger partial charge in [0.05, 0.1) is 18.3 Å². The Morgan fingerprint density at radius 3 is 1.00 bits per heavy atom. The molecule has 0 radical (unpaired) electrons. The van der Waals surface area contributed by atoms with Crippen molar-refractivity contribution in [3.05, 3.63) is 91.0 Å². The largest absolute Gasteiger partial charge is 0.491 e. The van der Waals surface area contributed by atoms with Crippen molar-refractivity contribution in [2.45, 2.75) is 39.1 Å². The van der Waals surface area contributed by atoms with Gasteiger partial charge in [-0.1, -0.05) is 54.6 Å². The van der Waals surface area contributed by atoms with E-state index < -0.39 is 9.53 Å². The predicted molar refractivity (Wildman–Crippen MR) is 135 cm³/mol. The third-order valence-electron chi connectivity index (χ3n) is 4.71. The standard InChI is InChI=1S/C27H34O6Si/c1-22(19-28-25-13-7-4-8-14-25)31-34(32-23(2)20-29-26-15-9-5-10-16-26)33-24(3)21-30-27-17-11-6-12-18-27/h4-18,22-24,34H,19-21H2,1-3H3. The molecule has 3 rings (SSSR count). The van der Waals surface area contributed by atoms with E-state index in [1.807, 2.05) is 112 Å². The Bertz CT molecular complexity index is 790. The zero-order chi connectivity index (χ0) is 24.0. The van der Waals surface area contributed by atoms with E-state index in [1.165, 1.54) is 0 Å². The molecule has 3 aromatic carbocycles. The maximum atomic E-state index is 6.18. The van der Waals surface area contributed by atoms with Crippen LogP contribution in [0, 0.1) is 0 Å². The molecule has 0 aliphatic rings. The van der Waals surface area contributed by atoms with Crippen LogP contribution < -0.4 is 14.2 Å². The Labute approximate surface area is 204 Å². The number of hydrogen-bond acceptors (Lipinski definition) is 6. The smallest absolute Gasteiger partial charge is 0.485 e. The van der Waals surface area contributed by atoms with Crippen molar-refractivity contribution in [3.8, 4) is 17.2 Å². The van der Waals surface area contributed by atoms with Crippen LogP contribution in [-0.4, -0.2) is 47.7 Å². The molecular weight excluding hydrogens is 448 g/mol. The van der Waals surface area contributed by atoms with E-state index in [9.17, 15) is 0 Å². The van der Waals surface area contributed by atoms with Crippen LogP contribution in [-0.2, 0) is 13.3 Å². The molecule has 0 aromatic heterocycles. The molecular formula is C27H34O6Si. The molecule has 0 heterocycles. The molecule has 0 fully saturated rings. The van der Waals surface area contributed by atoms with E-state index in [0.29, 0.717) is 19.8 Å². The first-order chi connectivity index (χ1) is 16.6. The maximum absolute atomic E-state index is 6.18. The number of hydrogen-bond donors (Lipinski definition) is 0. The van der Waals surface area contributed by atoms with Gasteiger partial charge in [-0.15, -0.1) is 0 Å². The Balaban J connectivity index is 1.51. The Morgan fingerprint density at radius 1 is 0.471 bits per heavy atom. The van der Waals surface area contributed by atoms with Gasteiger partial charge in [0.15, 0.2) is 0 Å². The molecule has 0 aliphatic carbocycles. The Kier molecular flexibility index (Phi) is 10.9. The summed E-state index contributed by atoms with van der Waals surface area (Å²) in [4.78, 5) is 0. The summed E-state index contributed by atoms with van der Waals surface area (Å²) in [6, 6.07) is 29.0. The lowest BCUT2D eigenvalue weighted by Gasteiger charge is -2.26. The fourth-order valence-corrected chi connectivity index (χ4v) is 4.54. The summed E-state index contributed by atoms with van der Waals surface area (Å²) in [5.74, 6) is 2.40. The van der Waals surface area contributed by atoms with Gasteiger partial charge in [0.1, 0.15) is 37.1 Å². The lowest BCUT2D eigenvalue weighted by Crippen LogP contribution is -2.40. The van der Waals surface area contributed by atoms with Crippen LogP contribution in [0.3, 0.4) is 0 Å². The quantitative estimate of drug-likeness (QED) is 0.279. The second-order valence-corrected chi connectivity index (χ2v) is 9.39. The van der Waals surface area contributed by atoms with Gasteiger partial charge in [0.25, 0.3) is 0 Å². The van der Waals surface area contributed by atoms with Gasteiger partial charge in [-0.2, -0.15) is 0 Å². The van der Waals surface area contributed by atoms with Crippen molar-refractivity contribution in [2.24, 2.45) is 0 Å². The van der Waals surface area contributed by atoms with Crippen LogP contribution in [0.15, 0.2) is 91.0 Å². The van der Waals surface area contributed by atoms with Crippen LogP contribution in [0.1, 0.15) is 20.8 Å². The van der Waals surface area contributed by atoms with E-state index in [-0.39, 0.29) is 18.3 Å². The van der Waals surface area contributed by atoms with E-state index in [1.54, 1.807) is 0 Å². The summed E-state index contributed by atoms with van der Waals surface area (Å²) in [6.45, 7) is 7.03. The molecule has 6 nitrogen and oxygen atoms in total. The minimum atomic E-state index is -2.52. The average Bonchev–Trinajstić information content (AvgIpc) is 2.87. The van der Waals surface area contributed by atoms with E-state index in [4.69, 9.17) is 27.5 Å². The first kappa shape index (κ1) is 25.8. The van der Waals surface area contributed by atoms with E-state index >= 15 is 0 Å². The summed E-state index contributed by atoms with van der Waals surface area (Å²) < 4.78 is 36.0. The van der Waals surface area contributed by atoms with Gasteiger partial charge in [-0.3, -0.25) is 0 Å². The molecule has 0 amide bonds. The molecule has 182 valence electrons. The molecule has 3 aromatic rings. The predicted octanol–water partition coefficient (Wildman–Crippen LogP) is 5.16. The molecule has 0 saturated heterocycles. The van der Waals surface area contributed by atoms with Crippen LogP contribution in [0.2, 0.25) is 0 Å². The van der Waals surface area contributed by atoms with E-state index in [2.05, 4.69) is 0 Å². The highest BCUT2D eigenvalue weighted by Crippen LogP contribution is 2.14. The van der Waals surface area contributed by atoms with E-state index in [0.717, 1.165) is 17.2 Å². The minimum Gasteiger partial charge on any atom is -0.491 e. The van der Waals surface area contributed by atoms with Crippen molar-refractivity contribution in [2.75, 3.05) is 19.8 Å². The fourth-order valence-electron chi connectivity index (χ4n) is 2.97. The summed E-state index contributed by atoms with van der Waals surface area (Å²) in [5.41, 5.74) is 0. The molecule has 0 N–H and O–H groups in total. The van der Waals surface area contributed by atoms with Crippen LogP contribution in [0.4, 0.5) is 0 Å². The van der Waals surface area contributed by atoms with Crippen LogP contribution in [0.5, 0.6) is 17.2 Å². The lowest BCUT2D eigenvalue weighted by atomic mass is 10.3. The second-order valence-electron chi connectivity index (χ2n) is 8.00. The Morgan fingerprint density at radius 2 is 0.735 bits per heavy atom. The van der Waals surface area contributed by atoms with Gasteiger partial charge < -0.3 is 27.5 Å². The highest BCUT2D eigenvalue weighted by atomic mass is 28.3.